The quantitative estimate of drug-likeness (QED) is 0.835. The summed E-state index contributed by atoms with van der Waals surface area (Å²) in [5, 5.41) is 6.21. The van der Waals surface area contributed by atoms with Crippen molar-refractivity contribution >= 4 is 23.4 Å². The summed E-state index contributed by atoms with van der Waals surface area (Å²) >= 11 is 5.78. The lowest BCUT2D eigenvalue weighted by atomic mass is 10.0. The van der Waals surface area contributed by atoms with E-state index in [2.05, 4.69) is 22.5 Å². The van der Waals surface area contributed by atoms with Crippen LogP contribution in [-0.2, 0) is 4.79 Å². The van der Waals surface area contributed by atoms with Crippen molar-refractivity contribution < 1.29 is 9.59 Å². The van der Waals surface area contributed by atoms with Crippen LogP contribution in [0.1, 0.15) is 36.5 Å². The van der Waals surface area contributed by atoms with Crippen LogP contribution < -0.4 is 10.6 Å². The van der Waals surface area contributed by atoms with Crippen molar-refractivity contribution in [3.8, 4) is 0 Å². The smallest absolute Gasteiger partial charge is 0.251 e. The summed E-state index contributed by atoms with van der Waals surface area (Å²) in [6.45, 7) is 5.34. The fourth-order valence-corrected chi connectivity index (χ4v) is 2.89. The van der Waals surface area contributed by atoms with Gasteiger partial charge in [-0.15, -0.1) is 0 Å². The normalized spacial score (nSPS) is 16.1. The summed E-state index contributed by atoms with van der Waals surface area (Å²) in [6.07, 6.45) is 3.10. The Kier molecular flexibility index (Phi) is 6.86. The first-order valence-corrected chi connectivity index (χ1v) is 8.51. The fraction of sp³-hybridized carbons (Fsp3) is 0.529. The van der Waals surface area contributed by atoms with E-state index in [0.29, 0.717) is 10.6 Å². The molecule has 5 nitrogen and oxygen atoms in total. The highest BCUT2D eigenvalue weighted by Gasteiger charge is 2.20. The number of amides is 2. The molecule has 2 N–H and O–H groups in total. The number of carbonyl (C=O) groups is 2. The zero-order valence-corrected chi connectivity index (χ0v) is 14.2. The molecule has 0 spiro atoms. The van der Waals surface area contributed by atoms with Crippen molar-refractivity contribution in [2.75, 3.05) is 26.2 Å². The maximum atomic E-state index is 11.9. The lowest BCUT2D eigenvalue weighted by Gasteiger charge is -2.32. The first-order chi connectivity index (χ1) is 11.1. The van der Waals surface area contributed by atoms with Gasteiger partial charge in [0.15, 0.2) is 0 Å². The molecule has 2 amide bonds. The maximum absolute atomic E-state index is 11.9. The standard InChI is InChI=1S/C17H24ClN3O2/c1-2-9-21-10-7-15(8-11-21)20-16(22)12-19-17(23)13-3-5-14(18)6-4-13/h3-6,15H,2,7-12H2,1H3,(H,19,23)(H,20,22). The van der Waals surface area contributed by atoms with Crippen LogP contribution in [0.2, 0.25) is 5.02 Å². The van der Waals surface area contributed by atoms with Gasteiger partial charge in [-0.1, -0.05) is 18.5 Å². The second kappa shape index (κ2) is 8.89. The number of hydrogen-bond acceptors (Lipinski definition) is 3. The van der Waals surface area contributed by atoms with Crippen molar-refractivity contribution in [3.63, 3.8) is 0 Å². The van der Waals surface area contributed by atoms with Crippen molar-refractivity contribution in [3.05, 3.63) is 34.9 Å². The minimum Gasteiger partial charge on any atom is -0.352 e. The average Bonchev–Trinajstić information content (AvgIpc) is 2.55. The fourth-order valence-electron chi connectivity index (χ4n) is 2.76. The van der Waals surface area contributed by atoms with E-state index >= 15 is 0 Å². The Morgan fingerprint density at radius 3 is 2.48 bits per heavy atom. The van der Waals surface area contributed by atoms with Crippen molar-refractivity contribution in [1.29, 1.82) is 0 Å². The Morgan fingerprint density at radius 1 is 1.22 bits per heavy atom. The SMILES string of the molecule is CCCN1CCC(NC(=O)CNC(=O)c2ccc(Cl)cc2)CC1. The molecule has 1 heterocycles. The number of benzene rings is 1. The average molecular weight is 338 g/mol. The van der Waals surface area contributed by atoms with Gasteiger partial charge in [-0.2, -0.15) is 0 Å². The van der Waals surface area contributed by atoms with E-state index in [1.54, 1.807) is 24.3 Å². The zero-order chi connectivity index (χ0) is 16.7. The number of nitrogens with zero attached hydrogens (tertiary/aromatic N) is 1. The molecule has 0 unspecified atom stereocenters. The van der Waals surface area contributed by atoms with Gasteiger partial charge in [0.25, 0.3) is 5.91 Å². The van der Waals surface area contributed by atoms with E-state index in [9.17, 15) is 9.59 Å². The molecule has 1 saturated heterocycles. The second-order valence-corrected chi connectivity index (χ2v) is 6.31. The summed E-state index contributed by atoms with van der Waals surface area (Å²) < 4.78 is 0. The van der Waals surface area contributed by atoms with Crippen LogP contribution in [0.5, 0.6) is 0 Å². The van der Waals surface area contributed by atoms with Gasteiger partial charge >= 0.3 is 0 Å². The van der Waals surface area contributed by atoms with Crippen LogP contribution in [0.25, 0.3) is 0 Å². The third-order valence-electron chi connectivity index (χ3n) is 4.01. The van der Waals surface area contributed by atoms with Gasteiger partial charge in [-0.05, 0) is 50.1 Å². The molecular weight excluding hydrogens is 314 g/mol. The highest BCUT2D eigenvalue weighted by molar-refractivity contribution is 6.30. The molecule has 6 heteroatoms. The molecule has 0 bridgehead atoms. The number of piperidine rings is 1. The lowest BCUT2D eigenvalue weighted by Crippen LogP contribution is -2.47. The van der Waals surface area contributed by atoms with Gasteiger partial charge < -0.3 is 15.5 Å². The van der Waals surface area contributed by atoms with E-state index in [1.807, 2.05) is 0 Å². The predicted octanol–water partition coefficient (Wildman–Crippen LogP) is 2.06. The van der Waals surface area contributed by atoms with E-state index in [-0.39, 0.29) is 24.4 Å². The molecule has 2 rings (SSSR count). The first-order valence-electron chi connectivity index (χ1n) is 8.14. The minimum absolute atomic E-state index is 0.00334. The minimum atomic E-state index is -0.269. The number of likely N-dealkylation sites (tertiary alicyclic amines) is 1. The Bertz CT molecular complexity index is 525. The monoisotopic (exact) mass is 337 g/mol. The van der Waals surface area contributed by atoms with Crippen LogP contribution in [0, 0.1) is 0 Å². The van der Waals surface area contributed by atoms with Gasteiger partial charge in [0.1, 0.15) is 0 Å². The molecule has 1 aromatic rings. The summed E-state index contributed by atoms with van der Waals surface area (Å²) in [7, 11) is 0. The second-order valence-electron chi connectivity index (χ2n) is 5.87. The van der Waals surface area contributed by atoms with E-state index < -0.39 is 0 Å². The van der Waals surface area contributed by atoms with E-state index in [0.717, 1.165) is 38.9 Å². The predicted molar refractivity (Wildman–Crippen MR) is 91.7 cm³/mol. The molecule has 1 aliphatic heterocycles. The van der Waals surface area contributed by atoms with E-state index in [4.69, 9.17) is 11.6 Å². The van der Waals surface area contributed by atoms with Crippen molar-refractivity contribution in [1.82, 2.24) is 15.5 Å². The van der Waals surface area contributed by atoms with E-state index in [1.165, 1.54) is 0 Å². The van der Waals surface area contributed by atoms with Crippen LogP contribution >= 0.6 is 11.6 Å². The zero-order valence-electron chi connectivity index (χ0n) is 13.5. The highest BCUT2D eigenvalue weighted by Crippen LogP contribution is 2.11. The van der Waals surface area contributed by atoms with Gasteiger partial charge in [0.2, 0.25) is 5.91 Å². The summed E-state index contributed by atoms with van der Waals surface area (Å²) in [5.41, 5.74) is 0.495. The van der Waals surface area contributed by atoms with Crippen molar-refractivity contribution in [2.24, 2.45) is 0 Å². The van der Waals surface area contributed by atoms with Gasteiger partial charge in [0.05, 0.1) is 6.54 Å². The van der Waals surface area contributed by atoms with Crippen LogP contribution in [-0.4, -0.2) is 48.9 Å². The highest BCUT2D eigenvalue weighted by atomic mass is 35.5. The molecule has 126 valence electrons. The summed E-state index contributed by atoms with van der Waals surface area (Å²) in [4.78, 5) is 26.3. The third kappa shape index (κ3) is 5.84. The molecule has 0 aliphatic carbocycles. The molecule has 0 radical (unpaired) electrons. The Hall–Kier alpha value is -1.59. The molecule has 23 heavy (non-hydrogen) atoms. The molecule has 1 aliphatic rings. The Labute approximate surface area is 142 Å². The van der Waals surface area contributed by atoms with Crippen molar-refractivity contribution in [2.45, 2.75) is 32.2 Å². The van der Waals surface area contributed by atoms with Crippen LogP contribution in [0.3, 0.4) is 0 Å². The van der Waals surface area contributed by atoms with Crippen LogP contribution in [0.15, 0.2) is 24.3 Å². The Balaban J connectivity index is 1.69. The number of carbonyl (C=O) groups excluding carboxylic acids is 2. The first kappa shape index (κ1) is 17.8. The lowest BCUT2D eigenvalue weighted by molar-refractivity contribution is -0.121. The topological polar surface area (TPSA) is 61.4 Å². The summed E-state index contributed by atoms with van der Waals surface area (Å²) in [5.74, 6) is -0.407. The van der Waals surface area contributed by atoms with Gasteiger partial charge in [0, 0.05) is 29.7 Å². The number of halogens is 1. The Morgan fingerprint density at radius 2 is 1.87 bits per heavy atom. The third-order valence-corrected chi connectivity index (χ3v) is 4.26. The summed E-state index contributed by atoms with van der Waals surface area (Å²) in [6, 6.07) is 6.79. The molecule has 1 aromatic carbocycles. The molecule has 0 saturated carbocycles. The molecule has 0 atom stereocenters. The molecule has 0 aromatic heterocycles. The van der Waals surface area contributed by atoms with Gasteiger partial charge in [-0.25, -0.2) is 0 Å². The number of hydrogen-bond donors (Lipinski definition) is 2. The molecule has 1 fully saturated rings. The maximum Gasteiger partial charge on any atom is 0.251 e. The van der Waals surface area contributed by atoms with Gasteiger partial charge in [-0.3, -0.25) is 9.59 Å². The number of rotatable bonds is 6. The largest absolute Gasteiger partial charge is 0.352 e. The van der Waals surface area contributed by atoms with Crippen LogP contribution in [0.4, 0.5) is 0 Å². The molecular formula is C17H24ClN3O2. The number of nitrogens with one attached hydrogen (secondary N) is 2.